The number of benzene rings is 2. The number of ether oxygens (including phenoxy) is 1. The predicted octanol–water partition coefficient (Wildman–Crippen LogP) is 6.48. The molecule has 2 aliphatic rings. The fourth-order valence-electron chi connectivity index (χ4n) is 5.42. The van der Waals surface area contributed by atoms with Gasteiger partial charge in [-0.3, -0.25) is 9.69 Å². The van der Waals surface area contributed by atoms with E-state index in [0.29, 0.717) is 5.91 Å². The Hall–Kier alpha value is -2.37. The number of piperidine rings is 1. The van der Waals surface area contributed by atoms with E-state index in [0.717, 1.165) is 57.6 Å². The molecular formula is C29H36N2O2S. The molecule has 180 valence electrons. The Morgan fingerprint density at radius 3 is 2.44 bits per heavy atom. The van der Waals surface area contributed by atoms with Crippen LogP contribution < -0.4 is 4.74 Å². The molecule has 2 heterocycles. The van der Waals surface area contributed by atoms with Gasteiger partial charge in [-0.1, -0.05) is 49.6 Å². The van der Waals surface area contributed by atoms with E-state index >= 15 is 0 Å². The third-order valence-corrected chi connectivity index (χ3v) is 8.39. The highest BCUT2D eigenvalue weighted by Crippen LogP contribution is 2.28. The number of rotatable bonds is 7. The molecule has 4 nitrogen and oxygen atoms in total. The van der Waals surface area contributed by atoms with Crippen molar-refractivity contribution in [3.63, 3.8) is 0 Å². The van der Waals surface area contributed by atoms with Crippen molar-refractivity contribution < 1.29 is 9.53 Å². The van der Waals surface area contributed by atoms with Gasteiger partial charge in [0.2, 0.25) is 5.91 Å². The van der Waals surface area contributed by atoms with Crippen LogP contribution in [-0.4, -0.2) is 41.9 Å². The second-order valence-electron chi connectivity index (χ2n) is 10.0. The fraction of sp³-hybridized carbons (Fsp3) is 0.483. The largest absolute Gasteiger partial charge is 0.490 e. The highest BCUT2D eigenvalue weighted by molar-refractivity contribution is 7.19. The molecule has 1 amide bonds. The van der Waals surface area contributed by atoms with E-state index in [1.165, 1.54) is 39.8 Å². The van der Waals surface area contributed by atoms with Crippen molar-refractivity contribution in [1.82, 2.24) is 9.80 Å². The first-order chi connectivity index (χ1) is 16.6. The number of fused-ring (bicyclic) bond motifs is 1. The SMILES string of the molecule is CN(Cc1ccc(OC2CCN(C(=O)C3CCCCC3)CC2)cc1)Cc1cc2ccccc2s1. The molecule has 1 aliphatic carbocycles. The Morgan fingerprint density at radius 1 is 0.971 bits per heavy atom. The second-order valence-corrected chi connectivity index (χ2v) is 11.2. The number of likely N-dealkylation sites (tertiary alicyclic amines) is 1. The molecule has 0 spiro atoms. The zero-order valence-electron chi connectivity index (χ0n) is 20.2. The molecule has 0 N–H and O–H groups in total. The fourth-order valence-corrected chi connectivity index (χ4v) is 6.56. The molecule has 0 unspecified atom stereocenters. The normalized spacial score (nSPS) is 18.0. The van der Waals surface area contributed by atoms with Gasteiger partial charge in [0.15, 0.2) is 0 Å². The maximum absolute atomic E-state index is 12.8. The van der Waals surface area contributed by atoms with E-state index < -0.39 is 0 Å². The molecule has 3 aromatic rings. The Morgan fingerprint density at radius 2 is 1.71 bits per heavy atom. The molecule has 0 atom stereocenters. The minimum Gasteiger partial charge on any atom is -0.490 e. The summed E-state index contributed by atoms with van der Waals surface area (Å²) in [5.41, 5.74) is 1.30. The van der Waals surface area contributed by atoms with Crippen LogP contribution in [0.3, 0.4) is 0 Å². The Balaban J connectivity index is 1.07. The quantitative estimate of drug-likeness (QED) is 0.391. The summed E-state index contributed by atoms with van der Waals surface area (Å²) in [5, 5.41) is 1.33. The molecule has 5 heteroatoms. The lowest BCUT2D eigenvalue weighted by Gasteiger charge is -2.35. The molecule has 1 aliphatic heterocycles. The van der Waals surface area contributed by atoms with Gasteiger partial charge in [0.1, 0.15) is 11.9 Å². The highest BCUT2D eigenvalue weighted by Gasteiger charge is 2.29. The summed E-state index contributed by atoms with van der Waals surface area (Å²) in [6, 6.07) is 19.5. The van der Waals surface area contributed by atoms with Gasteiger partial charge in [0, 0.05) is 54.5 Å². The molecule has 2 aromatic carbocycles. The van der Waals surface area contributed by atoms with E-state index in [1.807, 2.05) is 11.3 Å². The minimum atomic E-state index is 0.205. The van der Waals surface area contributed by atoms with E-state index in [-0.39, 0.29) is 12.0 Å². The highest BCUT2D eigenvalue weighted by atomic mass is 32.1. The summed E-state index contributed by atoms with van der Waals surface area (Å²) in [4.78, 5) is 18.6. The lowest BCUT2D eigenvalue weighted by atomic mass is 9.88. The van der Waals surface area contributed by atoms with Crippen molar-refractivity contribution in [3.8, 4) is 5.75 Å². The molecule has 34 heavy (non-hydrogen) atoms. The van der Waals surface area contributed by atoms with Gasteiger partial charge in [-0.2, -0.15) is 0 Å². The third-order valence-electron chi connectivity index (χ3n) is 7.29. The molecule has 1 aromatic heterocycles. The van der Waals surface area contributed by atoms with E-state index in [2.05, 4.69) is 71.4 Å². The van der Waals surface area contributed by atoms with Gasteiger partial charge in [-0.05, 0) is 55.1 Å². The van der Waals surface area contributed by atoms with Crippen molar-refractivity contribution in [2.75, 3.05) is 20.1 Å². The number of hydrogen-bond donors (Lipinski definition) is 0. The van der Waals surface area contributed by atoms with Crippen LogP contribution in [-0.2, 0) is 17.9 Å². The number of hydrogen-bond acceptors (Lipinski definition) is 4. The summed E-state index contributed by atoms with van der Waals surface area (Å²) in [6.45, 7) is 3.53. The first kappa shape index (κ1) is 23.4. The van der Waals surface area contributed by atoms with Crippen LogP contribution >= 0.6 is 11.3 Å². The molecule has 1 saturated heterocycles. The maximum Gasteiger partial charge on any atom is 0.225 e. The number of nitrogens with zero attached hydrogens (tertiary/aromatic N) is 2. The van der Waals surface area contributed by atoms with E-state index in [1.54, 1.807) is 0 Å². The molecule has 2 fully saturated rings. The number of thiophene rings is 1. The standard InChI is InChI=1S/C29H36N2O2S/c1-30(21-27-19-24-9-5-6-10-28(24)34-27)20-22-11-13-25(14-12-22)33-26-15-17-31(18-16-26)29(32)23-7-3-2-4-8-23/h5-6,9-14,19,23,26H,2-4,7-8,15-18,20-21H2,1H3. The van der Waals surface area contributed by atoms with Gasteiger partial charge in [-0.15, -0.1) is 11.3 Å². The Kier molecular flexibility index (Phi) is 7.51. The van der Waals surface area contributed by atoms with Crippen LogP contribution in [0, 0.1) is 5.92 Å². The van der Waals surface area contributed by atoms with Crippen LogP contribution in [0.5, 0.6) is 5.75 Å². The van der Waals surface area contributed by atoms with Gasteiger partial charge in [-0.25, -0.2) is 0 Å². The summed E-state index contributed by atoms with van der Waals surface area (Å²) in [6.07, 6.45) is 7.95. The smallest absolute Gasteiger partial charge is 0.225 e. The van der Waals surface area contributed by atoms with Gasteiger partial charge in [0.05, 0.1) is 0 Å². The minimum absolute atomic E-state index is 0.205. The second kappa shape index (κ2) is 10.9. The molecule has 0 bridgehead atoms. The average Bonchev–Trinajstić information content (AvgIpc) is 3.28. The van der Waals surface area contributed by atoms with Crippen LogP contribution in [0.25, 0.3) is 10.1 Å². The number of amides is 1. The van der Waals surface area contributed by atoms with Crippen molar-refractivity contribution in [1.29, 1.82) is 0 Å². The van der Waals surface area contributed by atoms with Crippen molar-refractivity contribution in [3.05, 3.63) is 65.0 Å². The van der Waals surface area contributed by atoms with Crippen molar-refractivity contribution in [2.24, 2.45) is 5.92 Å². The third kappa shape index (κ3) is 5.81. The molecule has 1 saturated carbocycles. The zero-order chi connectivity index (χ0) is 23.3. The van der Waals surface area contributed by atoms with Crippen molar-refractivity contribution in [2.45, 2.75) is 64.1 Å². The molecule has 0 radical (unpaired) electrons. The van der Waals surface area contributed by atoms with Crippen LogP contribution in [0.1, 0.15) is 55.4 Å². The van der Waals surface area contributed by atoms with Gasteiger partial charge < -0.3 is 9.64 Å². The lowest BCUT2D eigenvalue weighted by molar-refractivity contribution is -0.138. The monoisotopic (exact) mass is 476 g/mol. The number of carbonyl (C=O) groups is 1. The topological polar surface area (TPSA) is 32.8 Å². The first-order valence-electron chi connectivity index (χ1n) is 12.8. The van der Waals surface area contributed by atoms with Crippen molar-refractivity contribution >= 4 is 27.3 Å². The lowest BCUT2D eigenvalue weighted by Crippen LogP contribution is -2.44. The predicted molar refractivity (Wildman–Crippen MR) is 140 cm³/mol. The Labute approximate surface area is 207 Å². The summed E-state index contributed by atoms with van der Waals surface area (Å²) < 4.78 is 7.63. The zero-order valence-corrected chi connectivity index (χ0v) is 21.1. The number of carbonyl (C=O) groups excluding carboxylic acids is 1. The molecule has 5 rings (SSSR count). The summed E-state index contributed by atoms with van der Waals surface area (Å²) in [7, 11) is 2.18. The summed E-state index contributed by atoms with van der Waals surface area (Å²) in [5.74, 6) is 1.60. The van der Waals surface area contributed by atoms with Crippen LogP contribution in [0.2, 0.25) is 0 Å². The Bertz CT molecular complexity index is 1050. The summed E-state index contributed by atoms with van der Waals surface area (Å²) >= 11 is 1.88. The van der Waals surface area contributed by atoms with Crippen LogP contribution in [0.4, 0.5) is 0 Å². The van der Waals surface area contributed by atoms with Crippen LogP contribution in [0.15, 0.2) is 54.6 Å². The molecular weight excluding hydrogens is 440 g/mol. The van der Waals surface area contributed by atoms with Gasteiger partial charge in [0.25, 0.3) is 0 Å². The van der Waals surface area contributed by atoms with E-state index in [4.69, 9.17) is 4.74 Å². The van der Waals surface area contributed by atoms with E-state index in [9.17, 15) is 4.79 Å². The first-order valence-corrected chi connectivity index (χ1v) is 13.7. The van der Waals surface area contributed by atoms with Gasteiger partial charge >= 0.3 is 0 Å². The maximum atomic E-state index is 12.8. The average molecular weight is 477 g/mol.